The standard InChI is InChI=1S/C6H10N2O/c1-5(3-4-7)8-6(2)9/h3-4,7H,1-2H3,(H,8,9). The van der Waals surface area contributed by atoms with Gasteiger partial charge in [-0.2, -0.15) is 0 Å². The van der Waals surface area contributed by atoms with Crippen molar-refractivity contribution in [2.75, 3.05) is 0 Å². The number of amides is 1. The highest BCUT2D eigenvalue weighted by molar-refractivity contribution is 5.77. The molecule has 2 N–H and O–H groups in total. The monoisotopic (exact) mass is 126 g/mol. The van der Waals surface area contributed by atoms with Crippen molar-refractivity contribution in [2.24, 2.45) is 0 Å². The zero-order valence-electron chi connectivity index (χ0n) is 5.56. The zero-order valence-corrected chi connectivity index (χ0v) is 5.56. The third kappa shape index (κ3) is 4.74. The molecule has 0 saturated heterocycles. The van der Waals surface area contributed by atoms with Crippen molar-refractivity contribution in [1.82, 2.24) is 5.32 Å². The molecule has 0 radical (unpaired) electrons. The highest BCUT2D eigenvalue weighted by Gasteiger charge is 1.88. The van der Waals surface area contributed by atoms with Gasteiger partial charge in [-0.25, -0.2) is 0 Å². The summed E-state index contributed by atoms with van der Waals surface area (Å²) in [7, 11) is 0. The molecular weight excluding hydrogens is 116 g/mol. The fourth-order valence-electron chi connectivity index (χ4n) is 0.444. The van der Waals surface area contributed by atoms with Gasteiger partial charge in [-0.3, -0.25) is 4.79 Å². The molecule has 1 amide bonds. The van der Waals surface area contributed by atoms with Gasteiger partial charge >= 0.3 is 0 Å². The maximum Gasteiger partial charge on any atom is 0.220 e. The van der Waals surface area contributed by atoms with Gasteiger partial charge in [-0.1, -0.05) is 0 Å². The second-order valence-electron chi connectivity index (χ2n) is 1.70. The van der Waals surface area contributed by atoms with E-state index < -0.39 is 0 Å². The molecule has 0 fully saturated rings. The molecule has 0 aliphatic heterocycles. The molecule has 0 aromatic rings. The van der Waals surface area contributed by atoms with Gasteiger partial charge in [-0.05, 0) is 13.0 Å². The molecule has 0 saturated carbocycles. The Hall–Kier alpha value is -1.12. The van der Waals surface area contributed by atoms with Crippen LogP contribution < -0.4 is 5.32 Å². The Kier molecular flexibility index (Phi) is 3.35. The van der Waals surface area contributed by atoms with Crippen LogP contribution in [0.3, 0.4) is 0 Å². The van der Waals surface area contributed by atoms with Crippen LogP contribution in [0.15, 0.2) is 11.8 Å². The lowest BCUT2D eigenvalue weighted by atomic mass is 10.4. The Morgan fingerprint density at radius 2 is 2.11 bits per heavy atom. The highest BCUT2D eigenvalue weighted by atomic mass is 16.1. The van der Waals surface area contributed by atoms with Gasteiger partial charge in [0.2, 0.25) is 5.91 Å². The largest absolute Gasteiger partial charge is 0.330 e. The normalized spacial score (nSPS) is 10.7. The molecule has 0 rings (SSSR count). The topological polar surface area (TPSA) is 53.0 Å². The highest BCUT2D eigenvalue weighted by Crippen LogP contribution is 1.81. The van der Waals surface area contributed by atoms with Crippen LogP contribution in [0.2, 0.25) is 0 Å². The number of hydrogen-bond donors (Lipinski definition) is 2. The van der Waals surface area contributed by atoms with Crippen LogP contribution in [-0.2, 0) is 4.79 Å². The van der Waals surface area contributed by atoms with E-state index in [1.54, 1.807) is 6.92 Å². The van der Waals surface area contributed by atoms with Crippen molar-refractivity contribution >= 4 is 12.1 Å². The van der Waals surface area contributed by atoms with E-state index in [1.807, 2.05) is 0 Å². The molecule has 9 heavy (non-hydrogen) atoms. The van der Waals surface area contributed by atoms with E-state index in [2.05, 4.69) is 5.32 Å². The molecule has 0 atom stereocenters. The van der Waals surface area contributed by atoms with Gasteiger partial charge in [0.05, 0.1) is 0 Å². The summed E-state index contributed by atoms with van der Waals surface area (Å²) in [4.78, 5) is 10.3. The van der Waals surface area contributed by atoms with Gasteiger partial charge in [0.15, 0.2) is 0 Å². The Bertz CT molecular complexity index is 149. The number of allylic oxidation sites excluding steroid dienone is 2. The van der Waals surface area contributed by atoms with Crippen molar-refractivity contribution in [3.8, 4) is 0 Å². The smallest absolute Gasteiger partial charge is 0.220 e. The summed E-state index contributed by atoms with van der Waals surface area (Å²) < 4.78 is 0. The lowest BCUT2D eigenvalue weighted by Crippen LogP contribution is -2.16. The van der Waals surface area contributed by atoms with E-state index in [1.165, 1.54) is 13.0 Å². The zero-order chi connectivity index (χ0) is 7.28. The fourth-order valence-corrected chi connectivity index (χ4v) is 0.444. The van der Waals surface area contributed by atoms with Crippen LogP contribution in [-0.4, -0.2) is 12.1 Å². The second-order valence-corrected chi connectivity index (χ2v) is 1.70. The van der Waals surface area contributed by atoms with Crippen molar-refractivity contribution in [2.45, 2.75) is 13.8 Å². The van der Waals surface area contributed by atoms with Crippen LogP contribution in [0, 0.1) is 5.41 Å². The van der Waals surface area contributed by atoms with Gasteiger partial charge in [0.1, 0.15) is 0 Å². The van der Waals surface area contributed by atoms with E-state index in [-0.39, 0.29) is 5.91 Å². The van der Waals surface area contributed by atoms with Crippen molar-refractivity contribution in [3.63, 3.8) is 0 Å². The summed E-state index contributed by atoms with van der Waals surface area (Å²) in [6, 6.07) is 0. The lowest BCUT2D eigenvalue weighted by Gasteiger charge is -1.96. The van der Waals surface area contributed by atoms with Gasteiger partial charge in [-0.15, -0.1) is 0 Å². The third-order valence-corrected chi connectivity index (χ3v) is 0.707. The van der Waals surface area contributed by atoms with Crippen molar-refractivity contribution in [1.29, 1.82) is 5.41 Å². The molecule has 3 heteroatoms. The first-order chi connectivity index (χ1) is 4.16. The molecule has 0 aliphatic rings. The number of nitrogens with one attached hydrogen (secondary N) is 2. The summed E-state index contributed by atoms with van der Waals surface area (Å²) in [5.74, 6) is -0.106. The molecule has 3 nitrogen and oxygen atoms in total. The van der Waals surface area contributed by atoms with Crippen LogP contribution >= 0.6 is 0 Å². The van der Waals surface area contributed by atoms with Gasteiger partial charge in [0.25, 0.3) is 0 Å². The summed E-state index contributed by atoms with van der Waals surface area (Å²) >= 11 is 0. The molecule has 0 aromatic carbocycles. The average molecular weight is 126 g/mol. The predicted octanol–water partition coefficient (Wildman–Crippen LogP) is 0.676. The minimum atomic E-state index is -0.106. The Balaban J connectivity index is 3.75. The van der Waals surface area contributed by atoms with E-state index in [9.17, 15) is 4.79 Å². The fraction of sp³-hybridized carbons (Fsp3) is 0.333. The van der Waals surface area contributed by atoms with Crippen LogP contribution in [0.25, 0.3) is 0 Å². The third-order valence-electron chi connectivity index (χ3n) is 0.707. The second kappa shape index (κ2) is 3.83. The Labute approximate surface area is 54.3 Å². The molecule has 0 aromatic heterocycles. The number of rotatable bonds is 2. The number of hydrogen-bond acceptors (Lipinski definition) is 2. The van der Waals surface area contributed by atoms with Crippen LogP contribution in [0.4, 0.5) is 0 Å². The molecule has 0 unspecified atom stereocenters. The Morgan fingerprint density at radius 3 is 2.44 bits per heavy atom. The number of carbonyl (C=O) groups excluding carboxylic acids is 1. The lowest BCUT2D eigenvalue weighted by molar-refractivity contribution is -0.118. The van der Waals surface area contributed by atoms with Gasteiger partial charge in [0, 0.05) is 18.8 Å². The minimum Gasteiger partial charge on any atom is -0.330 e. The maximum atomic E-state index is 10.3. The van der Waals surface area contributed by atoms with Crippen LogP contribution in [0.1, 0.15) is 13.8 Å². The van der Waals surface area contributed by atoms with Crippen LogP contribution in [0.5, 0.6) is 0 Å². The maximum absolute atomic E-state index is 10.3. The summed E-state index contributed by atoms with van der Waals surface area (Å²) in [5, 5.41) is 9.14. The summed E-state index contributed by atoms with van der Waals surface area (Å²) in [6.07, 6.45) is 2.65. The first-order valence-corrected chi connectivity index (χ1v) is 2.61. The molecular formula is C6H10N2O. The van der Waals surface area contributed by atoms with Crippen molar-refractivity contribution in [3.05, 3.63) is 11.8 Å². The minimum absolute atomic E-state index is 0.106. The molecule has 0 aliphatic carbocycles. The molecule has 0 heterocycles. The van der Waals surface area contributed by atoms with Gasteiger partial charge < -0.3 is 10.7 Å². The van der Waals surface area contributed by atoms with E-state index >= 15 is 0 Å². The molecule has 50 valence electrons. The van der Waals surface area contributed by atoms with E-state index in [4.69, 9.17) is 5.41 Å². The molecule has 0 bridgehead atoms. The van der Waals surface area contributed by atoms with E-state index in [0.29, 0.717) is 5.70 Å². The summed E-state index contributed by atoms with van der Waals surface area (Å²) in [6.45, 7) is 3.16. The first kappa shape index (κ1) is 7.88. The first-order valence-electron chi connectivity index (χ1n) is 2.61. The quantitative estimate of drug-likeness (QED) is 0.525. The Morgan fingerprint density at radius 1 is 1.56 bits per heavy atom. The van der Waals surface area contributed by atoms with Crippen molar-refractivity contribution < 1.29 is 4.79 Å². The predicted molar refractivity (Wildman–Crippen MR) is 36.4 cm³/mol. The number of carbonyl (C=O) groups is 1. The SMILES string of the molecule is CC(=O)NC(C)=CC=N. The molecule has 0 spiro atoms. The summed E-state index contributed by atoms with van der Waals surface area (Å²) in [5.41, 5.74) is 0.692. The van der Waals surface area contributed by atoms with E-state index in [0.717, 1.165) is 6.21 Å². The average Bonchev–Trinajstić information content (AvgIpc) is 1.63.